The van der Waals surface area contributed by atoms with Crippen LogP contribution in [0.3, 0.4) is 0 Å². The normalized spacial score (nSPS) is 15.0. The third-order valence-corrected chi connectivity index (χ3v) is 7.78. The van der Waals surface area contributed by atoms with Crippen LogP contribution in [0.25, 0.3) is 11.5 Å². The molecular weight excluding hydrogens is 450 g/mol. The van der Waals surface area contributed by atoms with Crippen molar-refractivity contribution >= 4 is 33.2 Å². The molecule has 1 aliphatic rings. The minimum absolute atomic E-state index is 0.0685. The molecule has 1 amide bonds. The average molecular weight is 474 g/mol. The fourth-order valence-electron chi connectivity index (χ4n) is 3.58. The highest BCUT2D eigenvalue weighted by atomic mass is 35.5. The molecule has 2 aromatic carbocycles. The molecule has 168 valence electrons. The van der Waals surface area contributed by atoms with Gasteiger partial charge in [-0.25, -0.2) is 13.4 Å². The fourth-order valence-corrected chi connectivity index (χ4v) is 5.33. The van der Waals surface area contributed by atoms with Gasteiger partial charge in [-0.15, -0.1) is 0 Å². The van der Waals surface area contributed by atoms with E-state index in [0.29, 0.717) is 24.7 Å². The Balaban J connectivity index is 1.53. The molecule has 1 saturated heterocycles. The van der Waals surface area contributed by atoms with E-state index in [1.165, 1.54) is 22.5 Å². The SMILES string of the molecule is Cc1nc(-c2ccc(NC(=O)c3cc(S(=O)(=O)N4CCCCC4)ccc3Cl)cc2)oc1C. The third-order valence-electron chi connectivity index (χ3n) is 5.55. The van der Waals surface area contributed by atoms with Gasteiger partial charge in [0.2, 0.25) is 15.9 Å². The van der Waals surface area contributed by atoms with Gasteiger partial charge in [-0.1, -0.05) is 18.0 Å². The first-order valence-electron chi connectivity index (χ1n) is 10.4. The number of amides is 1. The Kier molecular flexibility index (Phi) is 6.37. The van der Waals surface area contributed by atoms with Crippen LogP contribution in [0, 0.1) is 13.8 Å². The van der Waals surface area contributed by atoms with Gasteiger partial charge in [0, 0.05) is 24.3 Å². The van der Waals surface area contributed by atoms with Crippen molar-refractivity contribution < 1.29 is 17.6 Å². The Hall–Kier alpha value is -2.68. The summed E-state index contributed by atoms with van der Waals surface area (Å²) in [6.07, 6.45) is 2.69. The lowest BCUT2D eigenvalue weighted by molar-refractivity contribution is 0.102. The topological polar surface area (TPSA) is 92.5 Å². The molecule has 0 spiro atoms. The van der Waals surface area contributed by atoms with Crippen molar-refractivity contribution in [1.82, 2.24) is 9.29 Å². The lowest BCUT2D eigenvalue weighted by atomic mass is 10.1. The van der Waals surface area contributed by atoms with E-state index < -0.39 is 15.9 Å². The Labute approximate surface area is 192 Å². The van der Waals surface area contributed by atoms with E-state index >= 15 is 0 Å². The van der Waals surface area contributed by atoms with Crippen molar-refractivity contribution in [2.45, 2.75) is 38.0 Å². The Morgan fingerprint density at radius 3 is 2.38 bits per heavy atom. The van der Waals surface area contributed by atoms with E-state index in [-0.39, 0.29) is 15.5 Å². The van der Waals surface area contributed by atoms with Crippen LogP contribution in [-0.2, 0) is 10.0 Å². The van der Waals surface area contributed by atoms with Crippen LogP contribution < -0.4 is 5.32 Å². The van der Waals surface area contributed by atoms with Crippen LogP contribution in [0.5, 0.6) is 0 Å². The third kappa shape index (κ3) is 4.57. The molecule has 4 rings (SSSR count). The van der Waals surface area contributed by atoms with E-state index in [1.54, 1.807) is 24.3 Å². The summed E-state index contributed by atoms with van der Waals surface area (Å²) in [6, 6.07) is 11.3. The van der Waals surface area contributed by atoms with Crippen LogP contribution >= 0.6 is 11.6 Å². The van der Waals surface area contributed by atoms with Gasteiger partial charge in [0.15, 0.2) is 0 Å². The quantitative estimate of drug-likeness (QED) is 0.560. The zero-order chi connectivity index (χ0) is 22.9. The number of nitrogens with one attached hydrogen (secondary N) is 1. The van der Waals surface area contributed by atoms with Crippen molar-refractivity contribution in [3.63, 3.8) is 0 Å². The van der Waals surface area contributed by atoms with Crippen molar-refractivity contribution in [2.24, 2.45) is 0 Å². The molecule has 2 heterocycles. The smallest absolute Gasteiger partial charge is 0.257 e. The highest BCUT2D eigenvalue weighted by Gasteiger charge is 2.27. The van der Waals surface area contributed by atoms with Crippen LogP contribution in [0.15, 0.2) is 51.8 Å². The summed E-state index contributed by atoms with van der Waals surface area (Å²) in [7, 11) is -3.67. The standard InChI is InChI=1S/C23H24ClN3O4S/c1-15-16(2)31-23(25-15)17-6-8-18(9-7-17)26-22(28)20-14-19(10-11-21(20)24)32(29,30)27-12-4-3-5-13-27/h6-11,14H,3-5,12-13H2,1-2H3,(H,26,28). The highest BCUT2D eigenvalue weighted by molar-refractivity contribution is 7.89. The van der Waals surface area contributed by atoms with Crippen molar-refractivity contribution in [1.29, 1.82) is 0 Å². The van der Waals surface area contributed by atoms with Crippen LogP contribution in [0.2, 0.25) is 5.02 Å². The number of anilines is 1. The molecule has 0 bridgehead atoms. The molecule has 7 nitrogen and oxygen atoms in total. The number of oxazole rings is 1. The molecule has 9 heteroatoms. The zero-order valence-corrected chi connectivity index (χ0v) is 19.5. The molecule has 32 heavy (non-hydrogen) atoms. The van der Waals surface area contributed by atoms with E-state index in [0.717, 1.165) is 36.3 Å². The number of carbonyl (C=O) groups excluding carboxylic acids is 1. The summed E-state index contributed by atoms with van der Waals surface area (Å²) in [5.41, 5.74) is 2.25. The van der Waals surface area contributed by atoms with E-state index in [2.05, 4.69) is 10.3 Å². The van der Waals surface area contributed by atoms with Crippen LogP contribution in [-0.4, -0.2) is 36.7 Å². The summed E-state index contributed by atoms with van der Waals surface area (Å²) < 4.78 is 33.0. The molecule has 1 N–H and O–H groups in total. The predicted octanol–water partition coefficient (Wildman–Crippen LogP) is 5.04. The number of halogens is 1. The lowest BCUT2D eigenvalue weighted by Gasteiger charge is -2.26. The number of rotatable bonds is 5. The minimum Gasteiger partial charge on any atom is -0.441 e. The Morgan fingerprint density at radius 2 is 1.75 bits per heavy atom. The van der Waals surface area contributed by atoms with Crippen LogP contribution in [0.1, 0.15) is 41.1 Å². The molecule has 0 saturated carbocycles. The summed E-state index contributed by atoms with van der Waals surface area (Å²) in [6.45, 7) is 4.70. The number of nitrogens with zero attached hydrogens (tertiary/aromatic N) is 2. The summed E-state index contributed by atoms with van der Waals surface area (Å²) in [4.78, 5) is 17.3. The van der Waals surface area contributed by atoms with Gasteiger partial charge in [0.25, 0.3) is 5.91 Å². The molecular formula is C23H24ClN3O4S. The second-order valence-electron chi connectivity index (χ2n) is 7.80. The molecule has 0 radical (unpaired) electrons. The summed E-state index contributed by atoms with van der Waals surface area (Å²) in [5, 5.41) is 2.95. The molecule has 0 unspecified atom stereocenters. The Morgan fingerprint density at radius 1 is 1.06 bits per heavy atom. The molecule has 1 aromatic heterocycles. The first-order valence-corrected chi connectivity index (χ1v) is 12.2. The fraction of sp³-hybridized carbons (Fsp3) is 0.304. The van der Waals surface area contributed by atoms with Gasteiger partial charge in [-0.3, -0.25) is 4.79 Å². The number of aromatic nitrogens is 1. The second kappa shape index (κ2) is 9.05. The van der Waals surface area contributed by atoms with Gasteiger partial charge in [-0.2, -0.15) is 4.31 Å². The molecule has 1 aliphatic heterocycles. The van der Waals surface area contributed by atoms with Crippen molar-refractivity contribution in [3.05, 3.63) is 64.5 Å². The predicted molar refractivity (Wildman–Crippen MR) is 123 cm³/mol. The maximum absolute atomic E-state index is 13.0. The molecule has 0 atom stereocenters. The largest absolute Gasteiger partial charge is 0.441 e. The monoisotopic (exact) mass is 473 g/mol. The number of hydrogen-bond acceptors (Lipinski definition) is 5. The number of sulfonamides is 1. The number of aryl methyl sites for hydroxylation is 2. The van der Waals surface area contributed by atoms with Gasteiger partial charge < -0.3 is 9.73 Å². The Bertz CT molecular complexity index is 1230. The van der Waals surface area contributed by atoms with E-state index in [1.807, 2.05) is 13.8 Å². The lowest BCUT2D eigenvalue weighted by Crippen LogP contribution is -2.35. The summed E-state index contributed by atoms with van der Waals surface area (Å²) >= 11 is 6.23. The molecule has 1 fully saturated rings. The van der Waals surface area contributed by atoms with Gasteiger partial charge in [-0.05, 0) is 69.2 Å². The molecule has 3 aromatic rings. The first-order chi connectivity index (χ1) is 15.3. The first kappa shape index (κ1) is 22.5. The van der Waals surface area contributed by atoms with Crippen molar-refractivity contribution in [3.8, 4) is 11.5 Å². The van der Waals surface area contributed by atoms with Crippen molar-refractivity contribution in [2.75, 3.05) is 18.4 Å². The number of benzene rings is 2. The zero-order valence-electron chi connectivity index (χ0n) is 17.9. The summed E-state index contributed by atoms with van der Waals surface area (Å²) in [5.74, 6) is 0.782. The van der Waals surface area contributed by atoms with Gasteiger partial charge in [0.1, 0.15) is 5.76 Å². The minimum atomic E-state index is -3.67. The van der Waals surface area contributed by atoms with E-state index in [4.69, 9.17) is 16.0 Å². The second-order valence-corrected chi connectivity index (χ2v) is 10.1. The maximum Gasteiger partial charge on any atom is 0.257 e. The van der Waals surface area contributed by atoms with Gasteiger partial charge in [0.05, 0.1) is 21.2 Å². The maximum atomic E-state index is 13.0. The number of piperidine rings is 1. The van der Waals surface area contributed by atoms with Crippen LogP contribution in [0.4, 0.5) is 5.69 Å². The molecule has 0 aliphatic carbocycles. The highest BCUT2D eigenvalue weighted by Crippen LogP contribution is 2.27. The van der Waals surface area contributed by atoms with E-state index in [9.17, 15) is 13.2 Å². The number of carbonyl (C=O) groups is 1. The average Bonchev–Trinajstić information content (AvgIpc) is 3.13. The van der Waals surface area contributed by atoms with Gasteiger partial charge >= 0.3 is 0 Å². The number of hydrogen-bond donors (Lipinski definition) is 1.